The number of thioether (sulfide) groups is 1. The first-order valence-corrected chi connectivity index (χ1v) is 6.21. The summed E-state index contributed by atoms with van der Waals surface area (Å²) in [7, 11) is 0. The molecule has 1 aromatic carbocycles. The molecule has 14 heavy (non-hydrogen) atoms. The number of rotatable bonds is 3. The van der Waals surface area contributed by atoms with Gasteiger partial charge >= 0.3 is 0 Å². The van der Waals surface area contributed by atoms with Crippen molar-refractivity contribution in [3.63, 3.8) is 0 Å². The summed E-state index contributed by atoms with van der Waals surface area (Å²) >= 11 is 8.08. The minimum absolute atomic E-state index is 0.688. The Hall–Kier alpha value is -0.180. The first kappa shape index (κ1) is 10.3. The lowest BCUT2D eigenvalue weighted by molar-refractivity contribution is 0.709. The third-order valence-corrected chi connectivity index (χ3v) is 4.26. The maximum atomic E-state index is 6.13. The highest BCUT2D eigenvalue weighted by Crippen LogP contribution is 2.41. The van der Waals surface area contributed by atoms with Crippen molar-refractivity contribution in [1.29, 1.82) is 0 Å². The maximum absolute atomic E-state index is 6.13. The zero-order chi connectivity index (χ0) is 9.97. The summed E-state index contributed by atoms with van der Waals surface area (Å²) in [4.78, 5) is 1.36. The molecule has 1 nitrogen and oxygen atoms in total. The van der Waals surface area contributed by atoms with Crippen molar-refractivity contribution >= 4 is 23.4 Å². The summed E-state index contributed by atoms with van der Waals surface area (Å²) in [6.45, 7) is 0.793. The third-order valence-electron chi connectivity index (χ3n) is 2.53. The molecule has 0 amide bonds. The highest BCUT2D eigenvalue weighted by molar-refractivity contribution is 8.00. The van der Waals surface area contributed by atoms with Gasteiger partial charge in [0.25, 0.3) is 0 Å². The lowest BCUT2D eigenvalue weighted by atomic mass is 10.1. The molecule has 1 aliphatic rings. The fourth-order valence-electron chi connectivity index (χ4n) is 1.80. The molecule has 0 aliphatic carbocycles. The van der Waals surface area contributed by atoms with Gasteiger partial charge in [0.1, 0.15) is 0 Å². The van der Waals surface area contributed by atoms with Gasteiger partial charge in [-0.3, -0.25) is 0 Å². The molecule has 3 heteroatoms. The van der Waals surface area contributed by atoms with Gasteiger partial charge in [-0.2, -0.15) is 0 Å². The van der Waals surface area contributed by atoms with E-state index < -0.39 is 0 Å². The van der Waals surface area contributed by atoms with Crippen LogP contribution in [0.1, 0.15) is 18.4 Å². The quantitative estimate of drug-likeness (QED) is 0.859. The van der Waals surface area contributed by atoms with Crippen LogP contribution in [0.4, 0.5) is 0 Å². The number of benzene rings is 1. The maximum Gasteiger partial charge on any atom is 0.0449 e. The normalized spacial score (nSPS) is 19.7. The monoisotopic (exact) mass is 227 g/mol. The molecule has 0 aromatic heterocycles. The molecule has 0 saturated carbocycles. The molecule has 1 unspecified atom stereocenters. The van der Waals surface area contributed by atoms with Crippen molar-refractivity contribution in [2.45, 2.75) is 29.4 Å². The zero-order valence-electron chi connectivity index (χ0n) is 8.00. The molecular formula is C11H14ClNS. The summed E-state index contributed by atoms with van der Waals surface area (Å²) in [6, 6.07) is 6.17. The Morgan fingerprint density at radius 2 is 2.36 bits per heavy atom. The second-order valence-corrected chi connectivity index (χ2v) is 5.34. The smallest absolute Gasteiger partial charge is 0.0449 e. The molecule has 2 rings (SSSR count). The molecule has 0 fully saturated rings. The number of nitrogens with two attached hydrogens (primary N) is 1. The van der Waals surface area contributed by atoms with Crippen LogP contribution in [0, 0.1) is 0 Å². The number of hydrogen-bond donors (Lipinski definition) is 1. The largest absolute Gasteiger partial charge is 0.330 e. The molecule has 2 N–H and O–H groups in total. The van der Waals surface area contributed by atoms with Gasteiger partial charge in [0, 0.05) is 15.2 Å². The molecule has 0 spiro atoms. The van der Waals surface area contributed by atoms with Gasteiger partial charge < -0.3 is 5.73 Å². The highest BCUT2D eigenvalue weighted by atomic mass is 35.5. The van der Waals surface area contributed by atoms with E-state index in [1.807, 2.05) is 23.9 Å². The predicted octanol–water partition coefficient (Wildman–Crippen LogP) is 3.10. The van der Waals surface area contributed by atoms with E-state index in [0.29, 0.717) is 5.25 Å². The van der Waals surface area contributed by atoms with Crippen LogP contribution >= 0.6 is 23.4 Å². The Morgan fingerprint density at radius 1 is 1.50 bits per heavy atom. The van der Waals surface area contributed by atoms with Gasteiger partial charge in [-0.15, -0.1) is 11.8 Å². The first-order chi connectivity index (χ1) is 6.81. The molecule has 0 saturated heterocycles. The Kier molecular flexibility index (Phi) is 3.37. The van der Waals surface area contributed by atoms with Gasteiger partial charge in [-0.05, 0) is 43.5 Å². The summed E-state index contributed by atoms with van der Waals surface area (Å²) < 4.78 is 0. The van der Waals surface area contributed by atoms with E-state index in [4.69, 9.17) is 17.3 Å². The average Bonchev–Trinajstić information content (AvgIpc) is 2.59. The van der Waals surface area contributed by atoms with E-state index in [2.05, 4.69) is 6.07 Å². The summed E-state index contributed by atoms with van der Waals surface area (Å²) in [5.74, 6) is 0. The van der Waals surface area contributed by atoms with E-state index in [-0.39, 0.29) is 0 Å². The molecular weight excluding hydrogens is 214 g/mol. The lowest BCUT2D eigenvalue weighted by Crippen LogP contribution is -2.06. The van der Waals surface area contributed by atoms with E-state index in [0.717, 1.165) is 24.4 Å². The number of fused-ring (bicyclic) bond motifs is 1. The molecule has 0 bridgehead atoms. The Morgan fingerprint density at radius 3 is 3.07 bits per heavy atom. The fourth-order valence-corrected chi connectivity index (χ4v) is 3.50. The molecule has 1 heterocycles. The van der Waals surface area contributed by atoms with Gasteiger partial charge in [0.05, 0.1) is 0 Å². The van der Waals surface area contributed by atoms with Crippen molar-refractivity contribution in [1.82, 2.24) is 0 Å². The van der Waals surface area contributed by atoms with Crippen molar-refractivity contribution < 1.29 is 0 Å². The fraction of sp³-hybridized carbons (Fsp3) is 0.455. The van der Waals surface area contributed by atoms with E-state index in [1.165, 1.54) is 16.9 Å². The topological polar surface area (TPSA) is 26.0 Å². The molecule has 1 aromatic rings. The Bertz CT molecular complexity index is 327. The number of hydrogen-bond acceptors (Lipinski definition) is 2. The molecule has 1 aliphatic heterocycles. The van der Waals surface area contributed by atoms with Crippen LogP contribution in [0.3, 0.4) is 0 Å². The van der Waals surface area contributed by atoms with Crippen LogP contribution in [0.25, 0.3) is 0 Å². The van der Waals surface area contributed by atoms with Crippen LogP contribution < -0.4 is 5.73 Å². The van der Waals surface area contributed by atoms with Crippen LogP contribution in [-0.2, 0) is 6.42 Å². The van der Waals surface area contributed by atoms with Crippen molar-refractivity contribution in [2.75, 3.05) is 6.54 Å². The molecule has 1 atom stereocenters. The van der Waals surface area contributed by atoms with Gasteiger partial charge in [0.2, 0.25) is 0 Å². The van der Waals surface area contributed by atoms with Crippen LogP contribution in [-0.4, -0.2) is 11.8 Å². The standard InChI is InChI=1S/C11H14ClNS/c12-10-4-1-5-11-9(10)7-8(14-11)3-2-6-13/h1,4-5,8H,2-3,6-7,13H2. The van der Waals surface area contributed by atoms with Crippen molar-refractivity contribution in [3.8, 4) is 0 Å². The van der Waals surface area contributed by atoms with E-state index >= 15 is 0 Å². The third kappa shape index (κ3) is 2.08. The first-order valence-electron chi connectivity index (χ1n) is 4.95. The van der Waals surface area contributed by atoms with Gasteiger partial charge in [-0.1, -0.05) is 17.7 Å². The summed E-state index contributed by atoms with van der Waals surface area (Å²) in [5, 5.41) is 1.61. The molecule has 0 radical (unpaired) electrons. The van der Waals surface area contributed by atoms with Crippen molar-refractivity contribution in [2.24, 2.45) is 5.73 Å². The minimum atomic E-state index is 0.688. The second kappa shape index (κ2) is 4.56. The van der Waals surface area contributed by atoms with Crippen molar-refractivity contribution in [3.05, 3.63) is 28.8 Å². The number of halogens is 1. The van der Waals surface area contributed by atoms with Crippen LogP contribution in [0.15, 0.2) is 23.1 Å². The average molecular weight is 228 g/mol. The van der Waals surface area contributed by atoms with Crippen LogP contribution in [0.2, 0.25) is 5.02 Å². The second-order valence-electron chi connectivity index (χ2n) is 3.59. The summed E-state index contributed by atoms with van der Waals surface area (Å²) in [5.41, 5.74) is 6.84. The Balaban J connectivity index is 2.06. The van der Waals surface area contributed by atoms with Gasteiger partial charge in [0.15, 0.2) is 0 Å². The summed E-state index contributed by atoms with van der Waals surface area (Å²) in [6.07, 6.45) is 3.43. The zero-order valence-corrected chi connectivity index (χ0v) is 9.57. The van der Waals surface area contributed by atoms with Crippen LogP contribution in [0.5, 0.6) is 0 Å². The minimum Gasteiger partial charge on any atom is -0.330 e. The van der Waals surface area contributed by atoms with Gasteiger partial charge in [-0.25, -0.2) is 0 Å². The highest BCUT2D eigenvalue weighted by Gasteiger charge is 2.23. The van der Waals surface area contributed by atoms with E-state index in [9.17, 15) is 0 Å². The lowest BCUT2D eigenvalue weighted by Gasteiger charge is -2.05. The molecule has 76 valence electrons. The van der Waals surface area contributed by atoms with E-state index in [1.54, 1.807) is 0 Å². The Labute approximate surface area is 94.0 Å². The predicted molar refractivity (Wildman–Crippen MR) is 63.1 cm³/mol. The SMILES string of the molecule is NCCCC1Cc2c(Cl)cccc2S1.